The molecule has 0 aliphatic heterocycles. The molecule has 2 heterocycles. The summed E-state index contributed by atoms with van der Waals surface area (Å²) in [5, 5.41) is 8.77. The van der Waals surface area contributed by atoms with Gasteiger partial charge in [-0.05, 0) is 37.0 Å². The Morgan fingerprint density at radius 2 is 2.12 bits per heavy atom. The van der Waals surface area contributed by atoms with Gasteiger partial charge in [-0.25, -0.2) is 0 Å². The summed E-state index contributed by atoms with van der Waals surface area (Å²) in [6.07, 6.45) is 2.91. The Kier molecular flexibility index (Phi) is 3.76. The minimum absolute atomic E-state index is 0.353. The number of aromatic nitrogens is 3. The Labute approximate surface area is 143 Å². The first-order valence-electron chi connectivity index (χ1n) is 7.81. The third-order valence-electron chi connectivity index (χ3n) is 4.32. The monoisotopic (exact) mass is 345 g/mol. The van der Waals surface area contributed by atoms with Crippen LogP contribution in [0.5, 0.6) is 5.75 Å². The molecule has 24 heavy (non-hydrogen) atoms. The van der Waals surface area contributed by atoms with Crippen molar-refractivity contribution in [1.29, 1.82) is 0 Å². The lowest BCUT2D eigenvalue weighted by Gasteiger charge is -2.15. The molecule has 0 N–H and O–H groups in total. The van der Waals surface area contributed by atoms with Gasteiger partial charge in [-0.2, -0.15) is 4.98 Å². The van der Waals surface area contributed by atoms with Crippen molar-refractivity contribution in [3.63, 3.8) is 0 Å². The molecule has 0 saturated carbocycles. The van der Waals surface area contributed by atoms with E-state index in [2.05, 4.69) is 22.2 Å². The molecule has 6 nitrogen and oxygen atoms in total. The van der Waals surface area contributed by atoms with Gasteiger partial charge in [-0.15, -0.1) is 0 Å². The predicted molar refractivity (Wildman–Crippen MR) is 88.0 cm³/mol. The summed E-state index contributed by atoms with van der Waals surface area (Å²) in [4.78, 5) is 4.47. The maximum absolute atomic E-state index is 6.07. The van der Waals surface area contributed by atoms with Crippen molar-refractivity contribution in [2.45, 2.75) is 26.2 Å². The van der Waals surface area contributed by atoms with Crippen molar-refractivity contribution in [2.24, 2.45) is 5.92 Å². The highest BCUT2D eigenvalue weighted by Crippen LogP contribution is 2.35. The first-order valence-corrected chi connectivity index (χ1v) is 8.19. The van der Waals surface area contributed by atoms with Crippen LogP contribution in [0.25, 0.3) is 23.0 Å². The minimum Gasteiger partial charge on any atom is -0.496 e. The number of nitrogens with zero attached hydrogens (tertiary/aromatic N) is 3. The average Bonchev–Trinajstić information content (AvgIpc) is 3.20. The number of ether oxygens (including phenoxy) is 1. The standard InChI is InChI=1S/C17H16ClN3O3/c1-9-3-5-14-11(7-9)15(20-23-14)17-19-16(21-24-17)12-8-10(18)4-6-13(12)22-2/h4,6,8-9H,3,5,7H2,1-2H3/t9-/m1/s1. The highest BCUT2D eigenvalue weighted by molar-refractivity contribution is 6.30. The molecule has 4 rings (SSSR count). The van der Waals surface area contributed by atoms with E-state index in [1.54, 1.807) is 25.3 Å². The number of benzene rings is 1. The maximum Gasteiger partial charge on any atom is 0.280 e. The molecular formula is C17H16ClN3O3. The van der Waals surface area contributed by atoms with Gasteiger partial charge in [0, 0.05) is 17.0 Å². The first-order chi connectivity index (χ1) is 11.7. The van der Waals surface area contributed by atoms with Gasteiger partial charge in [-0.3, -0.25) is 0 Å². The molecule has 0 fully saturated rings. The van der Waals surface area contributed by atoms with Crippen LogP contribution in [0.1, 0.15) is 24.7 Å². The molecule has 1 aliphatic carbocycles. The fourth-order valence-electron chi connectivity index (χ4n) is 3.03. The van der Waals surface area contributed by atoms with Crippen LogP contribution in [0.2, 0.25) is 5.02 Å². The van der Waals surface area contributed by atoms with Crippen LogP contribution in [0.15, 0.2) is 27.2 Å². The lowest BCUT2D eigenvalue weighted by atomic mass is 9.88. The third kappa shape index (κ3) is 2.57. The molecule has 1 aliphatic rings. The number of halogens is 1. The van der Waals surface area contributed by atoms with Crippen LogP contribution in [0, 0.1) is 5.92 Å². The van der Waals surface area contributed by atoms with Gasteiger partial charge in [0.25, 0.3) is 5.89 Å². The summed E-state index contributed by atoms with van der Waals surface area (Å²) < 4.78 is 16.2. The van der Waals surface area contributed by atoms with Gasteiger partial charge in [0.1, 0.15) is 11.5 Å². The number of methoxy groups -OCH3 is 1. The van der Waals surface area contributed by atoms with E-state index in [-0.39, 0.29) is 0 Å². The van der Waals surface area contributed by atoms with Crippen molar-refractivity contribution in [3.8, 4) is 28.7 Å². The SMILES string of the molecule is COc1ccc(Cl)cc1-c1noc(-c2noc3c2C[C@H](C)CC3)n1. The van der Waals surface area contributed by atoms with Crippen LogP contribution in [-0.2, 0) is 12.8 Å². The van der Waals surface area contributed by atoms with Crippen molar-refractivity contribution < 1.29 is 13.8 Å². The van der Waals surface area contributed by atoms with Crippen molar-refractivity contribution in [1.82, 2.24) is 15.3 Å². The molecule has 0 radical (unpaired) electrons. The quantitative estimate of drug-likeness (QED) is 0.709. The van der Waals surface area contributed by atoms with Gasteiger partial charge >= 0.3 is 0 Å². The molecule has 0 bridgehead atoms. The average molecular weight is 346 g/mol. The first kappa shape index (κ1) is 15.2. The molecule has 1 aromatic carbocycles. The van der Waals surface area contributed by atoms with Crippen molar-refractivity contribution in [2.75, 3.05) is 7.11 Å². The number of hydrogen-bond donors (Lipinski definition) is 0. The normalized spacial score (nSPS) is 16.9. The molecule has 0 saturated heterocycles. The largest absolute Gasteiger partial charge is 0.496 e. The van der Waals surface area contributed by atoms with Gasteiger partial charge in [0.15, 0.2) is 5.69 Å². The Balaban J connectivity index is 1.74. The summed E-state index contributed by atoms with van der Waals surface area (Å²) in [6.45, 7) is 2.22. The lowest BCUT2D eigenvalue weighted by Crippen LogP contribution is -2.09. The summed E-state index contributed by atoms with van der Waals surface area (Å²) in [5.74, 6) is 2.90. The number of rotatable bonds is 3. The molecule has 0 unspecified atom stereocenters. The summed E-state index contributed by atoms with van der Waals surface area (Å²) in [6, 6.07) is 5.27. The molecular weight excluding hydrogens is 330 g/mol. The predicted octanol–water partition coefficient (Wildman–Crippen LogP) is 4.18. The van der Waals surface area contributed by atoms with E-state index in [1.165, 1.54) is 0 Å². The van der Waals surface area contributed by atoms with Crippen molar-refractivity contribution in [3.05, 3.63) is 34.5 Å². The number of fused-ring (bicyclic) bond motifs is 1. The van der Waals surface area contributed by atoms with Crippen LogP contribution >= 0.6 is 11.6 Å². The molecule has 7 heteroatoms. The molecule has 1 atom stereocenters. The van der Waals surface area contributed by atoms with E-state index in [4.69, 9.17) is 25.4 Å². The van der Waals surface area contributed by atoms with Gasteiger partial charge in [0.05, 0.1) is 12.7 Å². The van der Waals surface area contributed by atoms with Gasteiger partial charge < -0.3 is 13.8 Å². The maximum atomic E-state index is 6.07. The zero-order valence-corrected chi connectivity index (χ0v) is 14.1. The topological polar surface area (TPSA) is 74.2 Å². The van der Waals surface area contributed by atoms with E-state index in [0.717, 1.165) is 30.6 Å². The van der Waals surface area contributed by atoms with Gasteiger partial charge in [-0.1, -0.05) is 28.8 Å². The number of hydrogen-bond acceptors (Lipinski definition) is 6. The fourth-order valence-corrected chi connectivity index (χ4v) is 3.20. The van der Waals surface area contributed by atoms with E-state index in [1.807, 2.05) is 0 Å². The highest BCUT2D eigenvalue weighted by atomic mass is 35.5. The van der Waals surface area contributed by atoms with Gasteiger partial charge in [0.2, 0.25) is 5.82 Å². The second kappa shape index (κ2) is 5.94. The molecule has 2 aromatic heterocycles. The summed E-state index contributed by atoms with van der Waals surface area (Å²) >= 11 is 6.07. The van der Waals surface area contributed by atoms with E-state index in [9.17, 15) is 0 Å². The summed E-state index contributed by atoms with van der Waals surface area (Å²) in [7, 11) is 1.59. The smallest absolute Gasteiger partial charge is 0.280 e. The summed E-state index contributed by atoms with van der Waals surface area (Å²) in [5.41, 5.74) is 2.38. The third-order valence-corrected chi connectivity index (χ3v) is 4.55. The Morgan fingerprint density at radius 3 is 2.96 bits per heavy atom. The van der Waals surface area contributed by atoms with E-state index >= 15 is 0 Å². The van der Waals surface area contributed by atoms with Crippen LogP contribution < -0.4 is 4.74 Å². The Morgan fingerprint density at radius 1 is 1.25 bits per heavy atom. The van der Waals surface area contributed by atoms with E-state index in [0.29, 0.717) is 39.7 Å². The zero-order chi connectivity index (χ0) is 16.7. The van der Waals surface area contributed by atoms with Crippen LogP contribution in [0.4, 0.5) is 0 Å². The molecule has 124 valence electrons. The number of aryl methyl sites for hydroxylation is 1. The van der Waals surface area contributed by atoms with Crippen molar-refractivity contribution >= 4 is 11.6 Å². The lowest BCUT2D eigenvalue weighted by molar-refractivity contribution is 0.355. The Bertz CT molecular complexity index is 887. The fraction of sp³-hybridized carbons (Fsp3) is 0.353. The Hall–Kier alpha value is -2.34. The minimum atomic E-state index is 0.353. The molecule has 0 amide bonds. The zero-order valence-electron chi connectivity index (χ0n) is 13.4. The second-order valence-corrected chi connectivity index (χ2v) is 6.49. The molecule has 3 aromatic rings. The van der Waals surface area contributed by atoms with Crippen LogP contribution in [0.3, 0.4) is 0 Å². The molecule has 0 spiro atoms. The van der Waals surface area contributed by atoms with Crippen LogP contribution in [-0.4, -0.2) is 22.4 Å². The highest BCUT2D eigenvalue weighted by Gasteiger charge is 2.27. The van der Waals surface area contributed by atoms with E-state index < -0.39 is 0 Å². The second-order valence-electron chi connectivity index (χ2n) is 6.05.